The van der Waals surface area contributed by atoms with E-state index in [1.54, 1.807) is 48.7 Å². The van der Waals surface area contributed by atoms with E-state index in [1.807, 2.05) is 12.1 Å². The summed E-state index contributed by atoms with van der Waals surface area (Å²) in [4.78, 5) is 10.8. The van der Waals surface area contributed by atoms with Crippen LogP contribution in [0.1, 0.15) is 18.2 Å². The topological polar surface area (TPSA) is 88.9 Å². The molecule has 1 atom stereocenters. The summed E-state index contributed by atoms with van der Waals surface area (Å²) in [6, 6.07) is 9.12. The van der Waals surface area contributed by atoms with Gasteiger partial charge in [0, 0.05) is 11.4 Å². The first-order valence-electron chi connectivity index (χ1n) is 6.78. The van der Waals surface area contributed by atoms with Gasteiger partial charge in [0.1, 0.15) is 11.5 Å². The van der Waals surface area contributed by atoms with Crippen molar-refractivity contribution in [1.82, 2.24) is 5.06 Å². The Labute approximate surface area is 138 Å². The van der Waals surface area contributed by atoms with Crippen molar-refractivity contribution in [3.63, 3.8) is 0 Å². The molecule has 0 spiro atoms. The van der Waals surface area contributed by atoms with Gasteiger partial charge < -0.3 is 14.9 Å². The third kappa shape index (κ3) is 4.67. The molecule has 0 saturated carbocycles. The van der Waals surface area contributed by atoms with Gasteiger partial charge in [-0.3, -0.25) is 5.21 Å². The first-order chi connectivity index (χ1) is 11.0. The average molecular weight is 332 g/mol. The summed E-state index contributed by atoms with van der Waals surface area (Å²) in [5.74, 6) is 1.46. The number of carbonyl (C=O) groups excluding carboxylic acids is 1. The van der Waals surface area contributed by atoms with Crippen LogP contribution in [0.4, 0.5) is 4.79 Å². The lowest BCUT2D eigenvalue weighted by atomic mass is 10.2. The Morgan fingerprint density at radius 1 is 1.35 bits per heavy atom. The Balaban J connectivity index is 1.99. The van der Waals surface area contributed by atoms with E-state index in [0.717, 1.165) is 5.56 Å². The molecule has 2 rings (SSSR count). The fourth-order valence-electron chi connectivity index (χ4n) is 1.73. The summed E-state index contributed by atoms with van der Waals surface area (Å²) in [5, 5.41) is 11.4. The second kappa shape index (κ2) is 7.57. The number of amides is 2. The number of urea groups is 1. The lowest BCUT2D eigenvalue weighted by Crippen LogP contribution is -2.38. The van der Waals surface area contributed by atoms with Crippen LogP contribution in [-0.2, 0) is 0 Å². The van der Waals surface area contributed by atoms with Crippen molar-refractivity contribution in [3.8, 4) is 11.7 Å². The minimum atomic E-state index is -0.926. The molecule has 1 aromatic heterocycles. The second-order valence-corrected chi connectivity index (χ2v) is 4.96. The van der Waals surface area contributed by atoms with E-state index in [2.05, 4.69) is 0 Å². The molecule has 3 N–H and O–H groups in total. The number of hydrogen-bond acceptors (Lipinski definition) is 5. The normalized spacial score (nSPS) is 12.1. The summed E-state index contributed by atoms with van der Waals surface area (Å²) in [7, 11) is 0. The molecule has 2 amide bonds. The fraction of sp³-hybridized carbons (Fsp3) is 0.125. The molecule has 120 valence electrons. The smallest absolute Gasteiger partial charge is 0.339 e. The van der Waals surface area contributed by atoms with E-state index in [4.69, 9.17) is 27.1 Å². The highest BCUT2D eigenvalue weighted by Gasteiger charge is 2.11. The number of primary amides is 1. The summed E-state index contributed by atoms with van der Waals surface area (Å²) >= 11 is 4.84. The van der Waals surface area contributed by atoms with Crippen LogP contribution in [0.5, 0.6) is 11.7 Å². The Kier molecular flexibility index (Phi) is 5.51. The number of rotatable bonds is 6. The predicted molar refractivity (Wildman–Crippen MR) is 89.7 cm³/mol. The van der Waals surface area contributed by atoms with Gasteiger partial charge in [0.25, 0.3) is 5.95 Å². The summed E-state index contributed by atoms with van der Waals surface area (Å²) < 4.78 is 11.0. The summed E-state index contributed by atoms with van der Waals surface area (Å²) in [6.07, 6.45) is 3.18. The van der Waals surface area contributed by atoms with Gasteiger partial charge in [0.2, 0.25) is 0 Å². The molecule has 1 aromatic carbocycles. The summed E-state index contributed by atoms with van der Waals surface area (Å²) in [6.45, 7) is 1.61. The number of thiocarbonyl (C=S) groups is 1. The van der Waals surface area contributed by atoms with Crippen molar-refractivity contribution in [2.75, 3.05) is 0 Å². The van der Waals surface area contributed by atoms with Crippen molar-refractivity contribution in [2.24, 2.45) is 5.73 Å². The van der Waals surface area contributed by atoms with Crippen molar-refractivity contribution in [1.29, 1.82) is 0 Å². The number of benzene rings is 1. The number of nitrogens with two attached hydrogens (primary N) is 1. The van der Waals surface area contributed by atoms with Gasteiger partial charge in [-0.05, 0) is 36.8 Å². The Bertz CT molecular complexity index is 709. The van der Waals surface area contributed by atoms with Gasteiger partial charge >= 0.3 is 6.03 Å². The SMILES string of the molecule is CC(/C=C/c1ccc(Oc2ccc(C=S)cc2)o1)N(O)C(N)=O. The van der Waals surface area contributed by atoms with Gasteiger partial charge in [0.15, 0.2) is 0 Å². The van der Waals surface area contributed by atoms with E-state index < -0.39 is 12.1 Å². The maximum atomic E-state index is 10.8. The van der Waals surface area contributed by atoms with Crippen LogP contribution in [0.25, 0.3) is 6.08 Å². The second-order valence-electron chi connectivity index (χ2n) is 4.73. The average Bonchev–Trinajstić information content (AvgIpc) is 3.00. The lowest BCUT2D eigenvalue weighted by molar-refractivity contribution is -0.0560. The Morgan fingerprint density at radius 2 is 2.04 bits per heavy atom. The summed E-state index contributed by atoms with van der Waals surface area (Å²) in [5.41, 5.74) is 5.89. The molecule has 0 bridgehead atoms. The molecule has 2 aromatic rings. The predicted octanol–water partition coefficient (Wildman–Crippen LogP) is 3.59. The molecule has 0 fully saturated rings. The quantitative estimate of drug-likeness (QED) is 0.479. The number of furan rings is 1. The van der Waals surface area contributed by atoms with E-state index in [1.165, 1.54) is 0 Å². The van der Waals surface area contributed by atoms with Crippen LogP contribution in [0.15, 0.2) is 46.9 Å². The van der Waals surface area contributed by atoms with Crippen LogP contribution in [0.3, 0.4) is 0 Å². The molecule has 0 aliphatic carbocycles. The zero-order valence-corrected chi connectivity index (χ0v) is 13.2. The zero-order valence-electron chi connectivity index (χ0n) is 12.4. The van der Waals surface area contributed by atoms with E-state index in [9.17, 15) is 10.0 Å². The molecule has 0 radical (unpaired) electrons. The van der Waals surface area contributed by atoms with Crippen molar-refractivity contribution in [2.45, 2.75) is 13.0 Å². The van der Waals surface area contributed by atoms with Crippen LogP contribution in [0, 0.1) is 0 Å². The number of nitrogens with zero attached hydrogens (tertiary/aromatic N) is 1. The highest BCUT2D eigenvalue weighted by atomic mass is 32.1. The molecule has 1 heterocycles. The van der Waals surface area contributed by atoms with Crippen molar-refractivity contribution >= 4 is 29.7 Å². The third-order valence-electron chi connectivity index (χ3n) is 2.99. The van der Waals surface area contributed by atoms with Gasteiger partial charge in [-0.15, -0.1) is 0 Å². The highest BCUT2D eigenvalue weighted by molar-refractivity contribution is 7.79. The Morgan fingerprint density at radius 3 is 2.65 bits per heavy atom. The number of hydrogen-bond donors (Lipinski definition) is 2. The Hall–Kier alpha value is -2.64. The molecule has 7 heteroatoms. The molecular weight excluding hydrogens is 316 g/mol. The zero-order chi connectivity index (χ0) is 16.8. The fourth-order valence-corrected chi connectivity index (χ4v) is 1.88. The minimum Gasteiger partial charge on any atom is -0.426 e. The molecular formula is C16H16N2O4S. The van der Waals surface area contributed by atoms with Crippen molar-refractivity contribution < 1.29 is 19.2 Å². The minimum absolute atomic E-state index is 0.322. The van der Waals surface area contributed by atoms with Crippen LogP contribution < -0.4 is 10.5 Å². The van der Waals surface area contributed by atoms with Crippen molar-refractivity contribution in [3.05, 3.63) is 53.8 Å². The van der Waals surface area contributed by atoms with E-state index >= 15 is 0 Å². The van der Waals surface area contributed by atoms with E-state index in [0.29, 0.717) is 22.5 Å². The molecule has 23 heavy (non-hydrogen) atoms. The lowest BCUT2D eigenvalue weighted by Gasteiger charge is -2.16. The number of carbonyl (C=O) groups is 1. The van der Waals surface area contributed by atoms with Crippen LogP contribution in [-0.4, -0.2) is 27.7 Å². The van der Waals surface area contributed by atoms with Gasteiger partial charge in [0.05, 0.1) is 6.04 Å². The first-order valence-corrected chi connectivity index (χ1v) is 7.25. The van der Waals surface area contributed by atoms with Gasteiger partial charge in [-0.25, -0.2) is 4.79 Å². The first kappa shape index (κ1) is 16.7. The largest absolute Gasteiger partial charge is 0.426 e. The maximum absolute atomic E-state index is 10.8. The van der Waals surface area contributed by atoms with Gasteiger partial charge in [-0.1, -0.05) is 30.4 Å². The van der Waals surface area contributed by atoms with Crippen LogP contribution in [0.2, 0.25) is 0 Å². The molecule has 0 aliphatic rings. The number of hydroxylamine groups is 2. The molecule has 0 aliphatic heterocycles. The third-order valence-corrected chi connectivity index (χ3v) is 3.26. The van der Waals surface area contributed by atoms with Gasteiger partial charge in [-0.2, -0.15) is 5.06 Å². The standard InChI is InChI=1S/C16H16N2O4S/c1-11(18(20)16(17)19)2-5-13-8-9-15(21-13)22-14-6-3-12(10-23)4-7-14/h2-11,20H,1H3,(H2,17,19)/b5-2+. The maximum Gasteiger partial charge on any atom is 0.339 e. The molecule has 1 unspecified atom stereocenters. The molecule has 6 nitrogen and oxygen atoms in total. The van der Waals surface area contributed by atoms with E-state index in [-0.39, 0.29) is 0 Å². The monoisotopic (exact) mass is 332 g/mol. The number of ether oxygens (including phenoxy) is 1. The highest BCUT2D eigenvalue weighted by Crippen LogP contribution is 2.24. The van der Waals surface area contributed by atoms with Crippen LogP contribution >= 0.6 is 12.2 Å². The molecule has 0 saturated heterocycles.